The minimum Gasteiger partial charge on any atom is -0.389 e. The number of aromatic nitrogens is 3. The average Bonchev–Trinajstić information content (AvgIpc) is 3.27. The van der Waals surface area contributed by atoms with E-state index in [2.05, 4.69) is 20.5 Å². The Morgan fingerprint density at radius 1 is 1.35 bits per heavy atom. The van der Waals surface area contributed by atoms with Crippen LogP contribution in [0.15, 0.2) is 24.5 Å². The quantitative estimate of drug-likeness (QED) is 0.733. The smallest absolute Gasteiger partial charge is 0.274 e. The van der Waals surface area contributed by atoms with Crippen molar-refractivity contribution < 1.29 is 14.7 Å². The number of aromatic amines is 1. The number of amides is 2. The fourth-order valence-corrected chi connectivity index (χ4v) is 3.68. The third-order valence-corrected chi connectivity index (χ3v) is 5.12. The molecule has 1 saturated heterocycles. The monoisotopic (exact) mass is 355 g/mol. The normalized spacial score (nSPS) is 22.1. The number of likely N-dealkylation sites (tertiary alicyclic amines) is 1. The van der Waals surface area contributed by atoms with Gasteiger partial charge in [-0.3, -0.25) is 19.7 Å². The molecule has 2 aromatic rings. The number of aliphatic hydroxyl groups is 1. The van der Waals surface area contributed by atoms with Crippen molar-refractivity contribution in [1.29, 1.82) is 0 Å². The number of pyridine rings is 1. The van der Waals surface area contributed by atoms with Crippen LogP contribution in [0.1, 0.15) is 44.9 Å². The predicted molar refractivity (Wildman–Crippen MR) is 92.6 cm³/mol. The molecule has 4 rings (SSSR count). The van der Waals surface area contributed by atoms with Gasteiger partial charge in [-0.2, -0.15) is 5.10 Å². The number of rotatable bonds is 3. The Hall–Kier alpha value is -2.74. The zero-order chi connectivity index (χ0) is 18.1. The highest BCUT2D eigenvalue weighted by Gasteiger charge is 2.34. The highest BCUT2D eigenvalue weighted by Crippen LogP contribution is 2.24. The lowest BCUT2D eigenvalue weighted by atomic mass is 10.0. The van der Waals surface area contributed by atoms with Crippen LogP contribution < -0.4 is 5.32 Å². The lowest BCUT2D eigenvalue weighted by molar-refractivity contribution is 0.0310. The van der Waals surface area contributed by atoms with Gasteiger partial charge in [-0.05, 0) is 37.8 Å². The molecule has 1 aliphatic heterocycles. The van der Waals surface area contributed by atoms with E-state index in [0.717, 1.165) is 30.5 Å². The van der Waals surface area contributed by atoms with Gasteiger partial charge in [-0.15, -0.1) is 0 Å². The number of fused-ring (bicyclic) bond motifs is 1. The maximum atomic E-state index is 12.8. The van der Waals surface area contributed by atoms with Crippen LogP contribution in [0.4, 0.5) is 0 Å². The van der Waals surface area contributed by atoms with E-state index in [-0.39, 0.29) is 18.4 Å². The lowest BCUT2D eigenvalue weighted by Gasteiger charge is -2.36. The summed E-state index contributed by atoms with van der Waals surface area (Å²) in [5.41, 5.74) is 2.98. The molecule has 1 aliphatic carbocycles. The second-order valence-electron chi connectivity index (χ2n) is 6.81. The van der Waals surface area contributed by atoms with Gasteiger partial charge < -0.3 is 15.3 Å². The molecule has 0 bridgehead atoms. The molecule has 0 radical (unpaired) electrons. The number of carbonyl (C=O) groups is 2. The number of nitrogens with one attached hydrogen (secondary N) is 2. The molecule has 0 unspecified atom stereocenters. The van der Waals surface area contributed by atoms with E-state index in [1.54, 1.807) is 23.2 Å². The Morgan fingerprint density at radius 2 is 2.23 bits per heavy atom. The number of β-amino-alcohol motifs (C(OH)–C–C–N with tert-alkyl or cyclic N) is 1. The van der Waals surface area contributed by atoms with Gasteiger partial charge in [-0.25, -0.2) is 0 Å². The van der Waals surface area contributed by atoms with Crippen LogP contribution in [-0.2, 0) is 12.8 Å². The van der Waals surface area contributed by atoms with Crippen LogP contribution in [0.5, 0.6) is 0 Å². The molecule has 0 saturated carbocycles. The number of aliphatic hydroxyl groups excluding tert-OH is 1. The van der Waals surface area contributed by atoms with Crippen LogP contribution >= 0.6 is 0 Å². The minimum absolute atomic E-state index is 0.152. The molecule has 2 aromatic heterocycles. The third-order valence-electron chi connectivity index (χ3n) is 5.12. The molecule has 26 heavy (non-hydrogen) atoms. The summed E-state index contributed by atoms with van der Waals surface area (Å²) in [6, 6.07) is 2.97. The first kappa shape index (κ1) is 16.7. The molecule has 0 aromatic carbocycles. The van der Waals surface area contributed by atoms with Crippen molar-refractivity contribution in [3.63, 3.8) is 0 Å². The van der Waals surface area contributed by atoms with Gasteiger partial charge in [0.2, 0.25) is 0 Å². The topological polar surface area (TPSA) is 111 Å². The Kier molecular flexibility index (Phi) is 4.42. The Balaban J connectivity index is 1.39. The van der Waals surface area contributed by atoms with Crippen molar-refractivity contribution >= 4 is 11.8 Å². The van der Waals surface area contributed by atoms with Gasteiger partial charge in [0.1, 0.15) is 0 Å². The van der Waals surface area contributed by atoms with Crippen molar-refractivity contribution in [2.45, 2.75) is 37.8 Å². The molecule has 2 amide bonds. The van der Waals surface area contributed by atoms with Crippen molar-refractivity contribution in [3.05, 3.63) is 47.0 Å². The van der Waals surface area contributed by atoms with E-state index < -0.39 is 12.1 Å². The highest BCUT2D eigenvalue weighted by molar-refractivity contribution is 5.95. The van der Waals surface area contributed by atoms with Crippen LogP contribution in [0.2, 0.25) is 0 Å². The van der Waals surface area contributed by atoms with Crippen LogP contribution in [0.3, 0.4) is 0 Å². The number of nitrogens with zero attached hydrogens (tertiary/aromatic N) is 3. The molecule has 2 aliphatic rings. The maximum absolute atomic E-state index is 12.8. The third kappa shape index (κ3) is 3.08. The van der Waals surface area contributed by atoms with Gasteiger partial charge >= 0.3 is 0 Å². The van der Waals surface area contributed by atoms with Crippen molar-refractivity contribution in [2.24, 2.45) is 0 Å². The number of hydrogen-bond donors (Lipinski definition) is 3. The van der Waals surface area contributed by atoms with Gasteiger partial charge in [-0.1, -0.05) is 0 Å². The molecule has 3 heterocycles. The number of hydrogen-bond acceptors (Lipinski definition) is 5. The second-order valence-corrected chi connectivity index (χ2v) is 6.81. The summed E-state index contributed by atoms with van der Waals surface area (Å²) in [6.07, 6.45) is 5.59. The van der Waals surface area contributed by atoms with E-state index in [0.29, 0.717) is 24.2 Å². The summed E-state index contributed by atoms with van der Waals surface area (Å²) in [6.45, 7) is 0.647. The SMILES string of the molecule is O=C(N[C@@H]1CCN(C(=O)c2n[nH]c3c2CCC3)C[C@H]1O)c1cccnc1. The standard InChI is InChI=1S/C18H21N5O3/c24-15-10-23(18(26)16-12-4-1-5-13(12)21-22-16)8-6-14(15)20-17(25)11-3-2-7-19-9-11/h2-3,7,9,14-15,24H,1,4-6,8,10H2,(H,20,25)(H,21,22)/t14-,15-/m1/s1. The fourth-order valence-electron chi connectivity index (χ4n) is 3.68. The molecular formula is C18H21N5O3. The van der Waals surface area contributed by atoms with Crippen molar-refractivity contribution in [1.82, 2.24) is 25.4 Å². The molecule has 136 valence electrons. The maximum Gasteiger partial charge on any atom is 0.274 e. The molecule has 2 atom stereocenters. The van der Waals surface area contributed by atoms with Crippen molar-refractivity contribution in [2.75, 3.05) is 13.1 Å². The molecule has 8 heteroatoms. The summed E-state index contributed by atoms with van der Waals surface area (Å²) >= 11 is 0. The molecular weight excluding hydrogens is 334 g/mol. The number of H-pyrrole nitrogens is 1. The first-order valence-electron chi connectivity index (χ1n) is 8.88. The molecule has 0 spiro atoms. The first-order chi connectivity index (χ1) is 12.6. The lowest BCUT2D eigenvalue weighted by Crippen LogP contribution is -2.55. The van der Waals surface area contributed by atoms with Crippen molar-refractivity contribution in [3.8, 4) is 0 Å². The molecule has 8 nitrogen and oxygen atoms in total. The minimum atomic E-state index is -0.819. The van der Waals surface area contributed by atoms with E-state index >= 15 is 0 Å². The van der Waals surface area contributed by atoms with E-state index in [9.17, 15) is 14.7 Å². The predicted octanol–water partition coefficient (Wildman–Crippen LogP) is 0.299. The fraction of sp³-hybridized carbons (Fsp3) is 0.444. The summed E-state index contributed by atoms with van der Waals surface area (Å²) in [4.78, 5) is 30.5. The second kappa shape index (κ2) is 6.87. The van der Waals surface area contributed by atoms with Gasteiger partial charge in [0.25, 0.3) is 11.8 Å². The Labute approximate surface area is 150 Å². The number of carbonyl (C=O) groups excluding carboxylic acids is 2. The van der Waals surface area contributed by atoms with Gasteiger partial charge in [0, 0.05) is 36.7 Å². The Bertz CT molecular complexity index is 819. The Morgan fingerprint density at radius 3 is 3.00 bits per heavy atom. The van der Waals surface area contributed by atoms with Gasteiger partial charge in [0.15, 0.2) is 5.69 Å². The average molecular weight is 355 g/mol. The number of aryl methyl sites for hydroxylation is 1. The largest absolute Gasteiger partial charge is 0.389 e. The summed E-state index contributed by atoms with van der Waals surface area (Å²) in [7, 11) is 0. The van der Waals surface area contributed by atoms with Crippen LogP contribution in [0.25, 0.3) is 0 Å². The summed E-state index contributed by atoms with van der Waals surface area (Å²) in [5, 5.41) is 20.4. The van der Waals surface area contributed by atoms with E-state index in [4.69, 9.17) is 0 Å². The van der Waals surface area contributed by atoms with E-state index in [1.165, 1.54) is 6.20 Å². The highest BCUT2D eigenvalue weighted by atomic mass is 16.3. The summed E-state index contributed by atoms with van der Waals surface area (Å²) in [5.74, 6) is -0.424. The summed E-state index contributed by atoms with van der Waals surface area (Å²) < 4.78 is 0. The van der Waals surface area contributed by atoms with Gasteiger partial charge in [0.05, 0.1) is 17.7 Å². The van der Waals surface area contributed by atoms with Crippen LogP contribution in [0, 0.1) is 0 Å². The molecule has 1 fully saturated rings. The number of piperidine rings is 1. The van der Waals surface area contributed by atoms with E-state index in [1.807, 2.05) is 0 Å². The van der Waals surface area contributed by atoms with Crippen LogP contribution in [-0.4, -0.2) is 62.2 Å². The zero-order valence-corrected chi connectivity index (χ0v) is 14.3. The first-order valence-corrected chi connectivity index (χ1v) is 8.88. The molecule has 3 N–H and O–H groups in total. The zero-order valence-electron chi connectivity index (χ0n) is 14.3.